The highest BCUT2D eigenvalue weighted by atomic mass is 32.2. The van der Waals surface area contributed by atoms with Crippen molar-refractivity contribution < 1.29 is 8.42 Å². The summed E-state index contributed by atoms with van der Waals surface area (Å²) in [6.45, 7) is 3.20. The maximum atomic E-state index is 12.0. The highest BCUT2D eigenvalue weighted by molar-refractivity contribution is 7.91. The van der Waals surface area contributed by atoms with E-state index in [1.54, 1.807) is 6.07 Å². The summed E-state index contributed by atoms with van der Waals surface area (Å²) < 4.78 is 26.9. The molecule has 1 aromatic heterocycles. The van der Waals surface area contributed by atoms with Gasteiger partial charge in [-0.25, -0.2) is 13.1 Å². The summed E-state index contributed by atoms with van der Waals surface area (Å²) in [5, 5.41) is 0. The fourth-order valence-corrected chi connectivity index (χ4v) is 4.10. The lowest BCUT2D eigenvalue weighted by Gasteiger charge is -2.04. The van der Waals surface area contributed by atoms with Crippen molar-refractivity contribution in [2.75, 3.05) is 13.1 Å². The molecule has 1 aromatic rings. The van der Waals surface area contributed by atoms with E-state index in [0.29, 0.717) is 17.3 Å². The molecule has 6 heteroatoms. The number of hydrogen-bond donors (Lipinski definition) is 2. The second-order valence-electron chi connectivity index (χ2n) is 4.22. The van der Waals surface area contributed by atoms with Gasteiger partial charge in [0.1, 0.15) is 4.21 Å². The van der Waals surface area contributed by atoms with Crippen LogP contribution in [0.15, 0.2) is 16.3 Å². The van der Waals surface area contributed by atoms with E-state index >= 15 is 0 Å². The SMILES string of the molecule is CCCCCCNS(=O)(=O)c1ccc(CCN)s1. The Morgan fingerprint density at radius 3 is 2.72 bits per heavy atom. The van der Waals surface area contributed by atoms with Crippen LogP contribution in [-0.4, -0.2) is 21.5 Å². The molecule has 0 amide bonds. The zero-order chi connectivity index (χ0) is 13.4. The number of nitrogens with one attached hydrogen (secondary N) is 1. The minimum absolute atomic E-state index is 0.390. The lowest BCUT2D eigenvalue weighted by Crippen LogP contribution is -2.23. The second kappa shape index (κ2) is 7.89. The summed E-state index contributed by atoms with van der Waals surface area (Å²) >= 11 is 1.30. The average Bonchev–Trinajstić information content (AvgIpc) is 2.79. The van der Waals surface area contributed by atoms with E-state index in [0.717, 1.165) is 37.0 Å². The second-order valence-corrected chi connectivity index (χ2v) is 7.38. The fourth-order valence-electron chi connectivity index (χ4n) is 1.61. The number of nitrogens with two attached hydrogens (primary N) is 1. The monoisotopic (exact) mass is 290 g/mol. The minimum atomic E-state index is -3.32. The molecule has 0 aromatic carbocycles. The van der Waals surface area contributed by atoms with Crippen LogP contribution in [0.25, 0.3) is 0 Å². The van der Waals surface area contributed by atoms with E-state index in [2.05, 4.69) is 11.6 Å². The van der Waals surface area contributed by atoms with Crippen molar-refractivity contribution >= 4 is 21.4 Å². The maximum Gasteiger partial charge on any atom is 0.250 e. The summed E-state index contributed by atoms with van der Waals surface area (Å²) in [6, 6.07) is 3.49. The van der Waals surface area contributed by atoms with Crippen molar-refractivity contribution in [1.82, 2.24) is 4.72 Å². The molecule has 3 N–H and O–H groups in total. The Kier molecular flexibility index (Phi) is 6.85. The van der Waals surface area contributed by atoms with Gasteiger partial charge in [0, 0.05) is 11.4 Å². The Morgan fingerprint density at radius 1 is 1.28 bits per heavy atom. The third-order valence-electron chi connectivity index (χ3n) is 2.62. The van der Waals surface area contributed by atoms with Crippen LogP contribution >= 0.6 is 11.3 Å². The molecule has 0 spiro atoms. The molecule has 104 valence electrons. The van der Waals surface area contributed by atoms with Crippen LogP contribution in [0.5, 0.6) is 0 Å². The first-order chi connectivity index (χ1) is 8.60. The van der Waals surface area contributed by atoms with Gasteiger partial charge in [-0.05, 0) is 31.5 Å². The molecule has 4 nitrogen and oxygen atoms in total. The van der Waals surface area contributed by atoms with Crippen molar-refractivity contribution in [3.8, 4) is 0 Å². The number of sulfonamides is 1. The fraction of sp³-hybridized carbons (Fsp3) is 0.667. The van der Waals surface area contributed by atoms with Crippen LogP contribution in [0.2, 0.25) is 0 Å². The van der Waals surface area contributed by atoms with Crippen LogP contribution in [0.1, 0.15) is 37.5 Å². The molecule has 0 fully saturated rings. The van der Waals surface area contributed by atoms with E-state index in [4.69, 9.17) is 5.73 Å². The van der Waals surface area contributed by atoms with Crippen LogP contribution in [0.3, 0.4) is 0 Å². The number of unbranched alkanes of at least 4 members (excludes halogenated alkanes) is 3. The molecule has 0 radical (unpaired) electrons. The van der Waals surface area contributed by atoms with Gasteiger partial charge in [0.25, 0.3) is 0 Å². The predicted octanol–water partition coefficient (Wildman–Crippen LogP) is 2.11. The van der Waals surface area contributed by atoms with E-state index in [9.17, 15) is 8.42 Å². The van der Waals surface area contributed by atoms with Gasteiger partial charge in [-0.2, -0.15) is 0 Å². The van der Waals surface area contributed by atoms with Gasteiger partial charge in [0.2, 0.25) is 10.0 Å². The van der Waals surface area contributed by atoms with Gasteiger partial charge in [0.05, 0.1) is 0 Å². The first kappa shape index (κ1) is 15.6. The average molecular weight is 290 g/mol. The van der Waals surface area contributed by atoms with Gasteiger partial charge in [0.15, 0.2) is 0 Å². The van der Waals surface area contributed by atoms with E-state index in [1.165, 1.54) is 11.3 Å². The summed E-state index contributed by atoms with van der Waals surface area (Å²) in [6.07, 6.45) is 5.01. The van der Waals surface area contributed by atoms with Crippen LogP contribution < -0.4 is 10.5 Å². The normalized spacial score (nSPS) is 11.9. The Bertz CT molecular complexity index is 441. The van der Waals surface area contributed by atoms with Crippen LogP contribution in [0.4, 0.5) is 0 Å². The Morgan fingerprint density at radius 2 is 2.06 bits per heavy atom. The molecule has 0 atom stereocenters. The van der Waals surface area contributed by atoms with Gasteiger partial charge in [-0.1, -0.05) is 26.2 Å². The largest absolute Gasteiger partial charge is 0.330 e. The third-order valence-corrected chi connectivity index (χ3v) is 5.71. The first-order valence-corrected chi connectivity index (χ1v) is 8.68. The molecule has 0 aliphatic carbocycles. The van der Waals surface area contributed by atoms with Crippen molar-refractivity contribution in [2.24, 2.45) is 5.73 Å². The van der Waals surface area contributed by atoms with Gasteiger partial charge < -0.3 is 5.73 Å². The van der Waals surface area contributed by atoms with Crippen LogP contribution in [0, 0.1) is 0 Å². The summed E-state index contributed by atoms with van der Waals surface area (Å²) in [5.74, 6) is 0. The molecule has 0 aliphatic heterocycles. The van der Waals surface area contributed by atoms with Crippen molar-refractivity contribution in [1.29, 1.82) is 0 Å². The lowest BCUT2D eigenvalue weighted by atomic mass is 10.2. The molecule has 0 unspecified atom stereocenters. The van der Waals surface area contributed by atoms with Crippen molar-refractivity contribution in [2.45, 2.75) is 43.2 Å². The smallest absolute Gasteiger partial charge is 0.250 e. The van der Waals surface area contributed by atoms with Crippen molar-refractivity contribution in [3.05, 3.63) is 17.0 Å². The predicted molar refractivity (Wildman–Crippen MR) is 76.4 cm³/mol. The molecule has 0 saturated heterocycles. The quantitative estimate of drug-likeness (QED) is 0.684. The Hall–Kier alpha value is -0.430. The molecule has 1 rings (SSSR count). The van der Waals surface area contributed by atoms with E-state index in [1.807, 2.05) is 6.07 Å². The zero-order valence-electron chi connectivity index (χ0n) is 10.8. The summed E-state index contributed by atoms with van der Waals surface area (Å²) in [4.78, 5) is 1.02. The third kappa shape index (κ3) is 5.06. The number of hydrogen-bond acceptors (Lipinski definition) is 4. The van der Waals surface area contributed by atoms with Gasteiger partial charge >= 0.3 is 0 Å². The number of thiophene rings is 1. The molecule has 0 aliphatic rings. The van der Waals surface area contributed by atoms with Crippen molar-refractivity contribution in [3.63, 3.8) is 0 Å². The van der Waals surface area contributed by atoms with Crippen LogP contribution in [-0.2, 0) is 16.4 Å². The molecular formula is C12H22N2O2S2. The highest BCUT2D eigenvalue weighted by Crippen LogP contribution is 2.21. The maximum absolute atomic E-state index is 12.0. The van der Waals surface area contributed by atoms with E-state index < -0.39 is 10.0 Å². The zero-order valence-corrected chi connectivity index (χ0v) is 12.4. The number of rotatable bonds is 9. The molecule has 0 saturated carbocycles. The Balaban J connectivity index is 2.46. The van der Waals surface area contributed by atoms with E-state index in [-0.39, 0.29) is 0 Å². The standard InChI is InChI=1S/C12H22N2O2S2/c1-2-3-4-5-10-14-18(15,16)12-7-6-11(17-12)8-9-13/h6-7,14H,2-5,8-10,13H2,1H3. The summed E-state index contributed by atoms with van der Waals surface area (Å²) in [7, 11) is -3.32. The first-order valence-electron chi connectivity index (χ1n) is 6.38. The topological polar surface area (TPSA) is 72.2 Å². The lowest BCUT2D eigenvalue weighted by molar-refractivity contribution is 0.575. The minimum Gasteiger partial charge on any atom is -0.330 e. The summed E-state index contributed by atoms with van der Waals surface area (Å²) in [5.41, 5.74) is 5.45. The molecular weight excluding hydrogens is 268 g/mol. The van der Waals surface area contributed by atoms with Gasteiger partial charge in [-0.3, -0.25) is 0 Å². The molecule has 1 heterocycles. The Labute approximate surface area is 114 Å². The highest BCUT2D eigenvalue weighted by Gasteiger charge is 2.15. The van der Waals surface area contributed by atoms with Gasteiger partial charge in [-0.15, -0.1) is 11.3 Å². The molecule has 18 heavy (non-hydrogen) atoms. The molecule has 0 bridgehead atoms.